The van der Waals surface area contributed by atoms with Crippen molar-refractivity contribution in [3.8, 4) is 0 Å². The molecule has 6 nitrogen and oxygen atoms in total. The Balaban J connectivity index is 1.60. The first-order valence-electron chi connectivity index (χ1n) is 8.15. The second kappa shape index (κ2) is 7.15. The summed E-state index contributed by atoms with van der Waals surface area (Å²) in [5.74, 6) is 0.928. The first-order chi connectivity index (χ1) is 10.8. The molecule has 122 valence electrons. The molecular formula is C16H25N3O3. The molecule has 2 aliphatic rings. The Bertz CT molecular complexity index is 471. The monoisotopic (exact) mass is 307 g/mol. The van der Waals surface area contributed by atoms with E-state index in [0.29, 0.717) is 26.3 Å². The van der Waals surface area contributed by atoms with Crippen LogP contribution in [0.15, 0.2) is 22.8 Å². The number of nitrogens with one attached hydrogen (secondary N) is 1. The number of urea groups is 1. The molecule has 0 bridgehead atoms. The van der Waals surface area contributed by atoms with Gasteiger partial charge in [0.1, 0.15) is 5.76 Å². The number of hydrogen-bond donors (Lipinski definition) is 1. The van der Waals surface area contributed by atoms with Gasteiger partial charge in [0, 0.05) is 13.1 Å². The zero-order valence-electron chi connectivity index (χ0n) is 13.2. The van der Waals surface area contributed by atoms with Crippen LogP contribution in [-0.2, 0) is 4.74 Å². The predicted octanol–water partition coefficient (Wildman–Crippen LogP) is 1.85. The maximum Gasteiger partial charge on any atom is 0.317 e. The molecular weight excluding hydrogens is 282 g/mol. The molecule has 3 rings (SSSR count). The van der Waals surface area contributed by atoms with E-state index in [-0.39, 0.29) is 18.1 Å². The normalized spacial score (nSPS) is 24.4. The van der Waals surface area contributed by atoms with Crippen LogP contribution in [0.3, 0.4) is 0 Å². The average molecular weight is 307 g/mol. The Morgan fingerprint density at radius 2 is 2.23 bits per heavy atom. The number of amides is 2. The van der Waals surface area contributed by atoms with Crippen molar-refractivity contribution < 1.29 is 13.9 Å². The highest BCUT2D eigenvalue weighted by Crippen LogP contribution is 2.25. The average Bonchev–Trinajstić information content (AvgIpc) is 3.21. The van der Waals surface area contributed by atoms with Gasteiger partial charge in [-0.3, -0.25) is 4.90 Å². The van der Waals surface area contributed by atoms with E-state index < -0.39 is 0 Å². The first kappa shape index (κ1) is 15.4. The number of morpholine rings is 1. The van der Waals surface area contributed by atoms with Crippen LogP contribution in [0.2, 0.25) is 0 Å². The third kappa shape index (κ3) is 3.44. The predicted molar refractivity (Wildman–Crippen MR) is 82.6 cm³/mol. The van der Waals surface area contributed by atoms with Crippen LogP contribution in [0, 0.1) is 0 Å². The van der Waals surface area contributed by atoms with Crippen LogP contribution in [0.1, 0.15) is 31.6 Å². The smallest absolute Gasteiger partial charge is 0.317 e. The van der Waals surface area contributed by atoms with Crippen LogP contribution in [0.4, 0.5) is 4.79 Å². The van der Waals surface area contributed by atoms with Gasteiger partial charge >= 0.3 is 6.03 Å². The summed E-state index contributed by atoms with van der Waals surface area (Å²) in [6, 6.07) is 4.14. The van der Waals surface area contributed by atoms with Gasteiger partial charge in [0.05, 0.1) is 31.6 Å². The van der Waals surface area contributed by atoms with E-state index in [9.17, 15) is 4.79 Å². The number of ether oxygens (including phenoxy) is 1. The first-order valence-corrected chi connectivity index (χ1v) is 8.15. The second-order valence-electron chi connectivity index (χ2n) is 6.08. The highest BCUT2D eigenvalue weighted by Gasteiger charge is 2.28. The standard InChI is InChI=1S/C16H25N3O3/c1-13-12-21-10-8-19(13)16(20)17-11-14(15-5-4-9-22-15)18-6-2-3-7-18/h4-5,9,13-14H,2-3,6-8,10-12H2,1H3,(H,17,20)/t13-,14-/m1/s1. The van der Waals surface area contributed by atoms with Crippen molar-refractivity contribution in [3.05, 3.63) is 24.2 Å². The van der Waals surface area contributed by atoms with Gasteiger partial charge in [0.25, 0.3) is 0 Å². The van der Waals surface area contributed by atoms with E-state index in [0.717, 1.165) is 18.8 Å². The molecule has 0 saturated carbocycles. The zero-order valence-corrected chi connectivity index (χ0v) is 13.2. The van der Waals surface area contributed by atoms with Gasteiger partial charge in [-0.1, -0.05) is 0 Å². The SMILES string of the molecule is C[C@@H]1COCCN1C(=O)NC[C@H](c1ccco1)N1CCCC1. The minimum Gasteiger partial charge on any atom is -0.468 e. The van der Waals surface area contributed by atoms with Crippen molar-refractivity contribution in [1.29, 1.82) is 0 Å². The third-order valence-corrected chi connectivity index (χ3v) is 4.53. The van der Waals surface area contributed by atoms with Crippen LogP contribution in [0.25, 0.3) is 0 Å². The number of furan rings is 1. The molecule has 0 aliphatic carbocycles. The highest BCUT2D eigenvalue weighted by atomic mass is 16.5. The summed E-state index contributed by atoms with van der Waals surface area (Å²) in [6.45, 7) is 6.61. The summed E-state index contributed by atoms with van der Waals surface area (Å²) in [5.41, 5.74) is 0. The number of rotatable bonds is 4. The van der Waals surface area contributed by atoms with Crippen molar-refractivity contribution in [2.75, 3.05) is 39.4 Å². The molecule has 1 N–H and O–H groups in total. The lowest BCUT2D eigenvalue weighted by Crippen LogP contribution is -2.52. The van der Waals surface area contributed by atoms with Gasteiger partial charge in [-0.25, -0.2) is 4.79 Å². The lowest BCUT2D eigenvalue weighted by Gasteiger charge is -2.34. The van der Waals surface area contributed by atoms with Gasteiger partial charge in [-0.15, -0.1) is 0 Å². The number of nitrogens with zero attached hydrogens (tertiary/aromatic N) is 2. The van der Waals surface area contributed by atoms with Crippen molar-refractivity contribution in [1.82, 2.24) is 15.1 Å². The Morgan fingerprint density at radius 3 is 2.91 bits per heavy atom. The molecule has 3 heterocycles. The lowest BCUT2D eigenvalue weighted by atomic mass is 10.2. The van der Waals surface area contributed by atoms with Crippen LogP contribution >= 0.6 is 0 Å². The Hall–Kier alpha value is -1.53. The Labute approximate surface area is 131 Å². The molecule has 0 radical (unpaired) electrons. The van der Waals surface area contributed by atoms with E-state index in [1.165, 1.54) is 12.8 Å². The number of hydrogen-bond acceptors (Lipinski definition) is 4. The fourth-order valence-corrected chi connectivity index (χ4v) is 3.26. The third-order valence-electron chi connectivity index (χ3n) is 4.53. The molecule has 2 amide bonds. The molecule has 2 aliphatic heterocycles. The summed E-state index contributed by atoms with van der Waals surface area (Å²) in [7, 11) is 0. The van der Waals surface area contributed by atoms with E-state index in [2.05, 4.69) is 10.2 Å². The van der Waals surface area contributed by atoms with Crippen LogP contribution in [-0.4, -0.2) is 61.3 Å². The quantitative estimate of drug-likeness (QED) is 0.922. The van der Waals surface area contributed by atoms with Crippen LogP contribution in [0.5, 0.6) is 0 Å². The fourth-order valence-electron chi connectivity index (χ4n) is 3.26. The number of carbonyl (C=O) groups is 1. The van der Waals surface area contributed by atoms with Gasteiger partial charge in [-0.05, 0) is 45.0 Å². The lowest BCUT2D eigenvalue weighted by molar-refractivity contribution is 0.0186. The maximum absolute atomic E-state index is 12.4. The van der Waals surface area contributed by atoms with E-state index in [1.54, 1.807) is 6.26 Å². The van der Waals surface area contributed by atoms with E-state index >= 15 is 0 Å². The summed E-state index contributed by atoms with van der Waals surface area (Å²) in [4.78, 5) is 16.7. The van der Waals surface area contributed by atoms with Gasteiger partial charge in [0.2, 0.25) is 0 Å². The molecule has 1 aromatic heterocycles. The molecule has 2 saturated heterocycles. The van der Waals surface area contributed by atoms with E-state index in [1.807, 2.05) is 24.0 Å². The number of carbonyl (C=O) groups excluding carboxylic acids is 1. The van der Waals surface area contributed by atoms with Crippen molar-refractivity contribution in [2.45, 2.75) is 31.8 Å². The maximum atomic E-state index is 12.4. The Kier molecular flexibility index (Phi) is 5.00. The minimum atomic E-state index is -0.00782. The highest BCUT2D eigenvalue weighted by molar-refractivity contribution is 5.74. The summed E-state index contributed by atoms with van der Waals surface area (Å²) in [5, 5.41) is 3.08. The van der Waals surface area contributed by atoms with Crippen molar-refractivity contribution in [2.24, 2.45) is 0 Å². The van der Waals surface area contributed by atoms with Gasteiger partial charge in [-0.2, -0.15) is 0 Å². The number of likely N-dealkylation sites (tertiary alicyclic amines) is 1. The fraction of sp³-hybridized carbons (Fsp3) is 0.688. The molecule has 2 atom stereocenters. The molecule has 6 heteroatoms. The van der Waals surface area contributed by atoms with Gasteiger partial charge in [0.15, 0.2) is 0 Å². The molecule has 0 aromatic carbocycles. The summed E-state index contributed by atoms with van der Waals surface area (Å²) < 4.78 is 11.0. The zero-order chi connectivity index (χ0) is 15.4. The minimum absolute atomic E-state index is 0.00782. The molecule has 0 spiro atoms. The summed E-state index contributed by atoms with van der Waals surface area (Å²) in [6.07, 6.45) is 4.13. The summed E-state index contributed by atoms with van der Waals surface area (Å²) >= 11 is 0. The van der Waals surface area contributed by atoms with Crippen molar-refractivity contribution >= 4 is 6.03 Å². The molecule has 22 heavy (non-hydrogen) atoms. The molecule has 0 unspecified atom stereocenters. The molecule has 1 aromatic rings. The molecule has 2 fully saturated rings. The topological polar surface area (TPSA) is 58.0 Å². The van der Waals surface area contributed by atoms with E-state index in [4.69, 9.17) is 9.15 Å². The largest absolute Gasteiger partial charge is 0.468 e. The van der Waals surface area contributed by atoms with Crippen molar-refractivity contribution in [3.63, 3.8) is 0 Å². The second-order valence-corrected chi connectivity index (χ2v) is 6.08. The Morgan fingerprint density at radius 1 is 1.41 bits per heavy atom. The van der Waals surface area contributed by atoms with Gasteiger partial charge < -0.3 is 19.4 Å². The van der Waals surface area contributed by atoms with Crippen LogP contribution < -0.4 is 5.32 Å².